The van der Waals surface area contributed by atoms with Gasteiger partial charge in [0.2, 0.25) is 0 Å². The van der Waals surface area contributed by atoms with E-state index in [2.05, 4.69) is 31.9 Å². The zero-order chi connectivity index (χ0) is 36.4. The molecular weight excluding hydrogens is 758 g/mol. The third-order valence-corrected chi connectivity index (χ3v) is 7.91. The van der Waals surface area contributed by atoms with Crippen LogP contribution in [0.2, 0.25) is 0 Å². The Kier molecular flexibility index (Phi) is 14.4. The molecule has 0 aliphatic rings. The molecule has 0 aliphatic carbocycles. The smallest absolute Gasteiger partial charge is 0.331 e. The fourth-order valence-electron chi connectivity index (χ4n) is 4.49. The van der Waals surface area contributed by atoms with Crippen molar-refractivity contribution in [3.63, 3.8) is 0 Å². The van der Waals surface area contributed by atoms with Crippen molar-refractivity contribution in [2.75, 3.05) is 0 Å². The van der Waals surface area contributed by atoms with Crippen LogP contribution in [-0.4, -0.2) is 40.9 Å². The van der Waals surface area contributed by atoms with E-state index in [9.17, 15) is 18.4 Å². The lowest BCUT2D eigenvalue weighted by Gasteiger charge is -2.23. The quantitative estimate of drug-likeness (QED) is 0.135. The molecule has 10 heteroatoms. The number of ether oxygens (including phenoxy) is 2. The van der Waals surface area contributed by atoms with Crippen molar-refractivity contribution in [3.05, 3.63) is 140 Å². The summed E-state index contributed by atoms with van der Waals surface area (Å²) in [6, 6.07) is 27.3. The fraction of sp³-hybridized carbons (Fsp3) is 0.308. The highest BCUT2D eigenvalue weighted by Crippen LogP contribution is 2.22. The summed E-state index contributed by atoms with van der Waals surface area (Å²) in [6.45, 7) is 10.8. The van der Waals surface area contributed by atoms with Gasteiger partial charge in [0.25, 0.3) is 0 Å². The number of nitrogens with two attached hydrogens (primary N) is 1. The number of hydrogen-bond donors (Lipinski definition) is 1. The van der Waals surface area contributed by atoms with Crippen LogP contribution in [0, 0.1) is 11.6 Å². The Morgan fingerprint density at radius 2 is 1.08 bits per heavy atom. The predicted molar refractivity (Wildman–Crippen MR) is 198 cm³/mol. The Morgan fingerprint density at radius 3 is 1.49 bits per heavy atom. The van der Waals surface area contributed by atoms with Gasteiger partial charge in [-0.05, 0) is 115 Å². The number of esters is 2. The molecule has 2 N–H and O–H groups in total. The zero-order valence-electron chi connectivity index (χ0n) is 28.5. The molecule has 0 saturated carbocycles. The lowest BCUT2D eigenvalue weighted by molar-refractivity contribution is -0.157. The third kappa shape index (κ3) is 13.6. The van der Waals surface area contributed by atoms with E-state index in [4.69, 9.17) is 20.2 Å². The topological polar surface area (TPSA) is 91.0 Å². The lowest BCUT2D eigenvalue weighted by atomic mass is 10.0. The molecule has 0 bridgehead atoms. The first kappa shape index (κ1) is 39.7. The minimum Gasteiger partial charge on any atom is -0.459 e. The number of aliphatic imine (C=N–C) groups is 1. The molecule has 0 unspecified atom stereocenters. The number of halogens is 4. The number of benzene rings is 4. The molecular formula is C39H42Br2F2N2O4. The van der Waals surface area contributed by atoms with E-state index < -0.39 is 35.2 Å². The summed E-state index contributed by atoms with van der Waals surface area (Å²) in [7, 11) is 0. The second kappa shape index (κ2) is 17.8. The molecule has 0 heterocycles. The van der Waals surface area contributed by atoms with Gasteiger partial charge in [-0.3, -0.25) is 9.79 Å². The van der Waals surface area contributed by atoms with E-state index in [-0.39, 0.29) is 24.5 Å². The van der Waals surface area contributed by atoms with Crippen LogP contribution in [0.1, 0.15) is 63.8 Å². The maximum Gasteiger partial charge on any atom is 0.331 e. The van der Waals surface area contributed by atoms with Crippen LogP contribution in [0.25, 0.3) is 0 Å². The molecule has 2 atom stereocenters. The normalized spacial score (nSPS) is 12.6. The summed E-state index contributed by atoms with van der Waals surface area (Å²) in [5.41, 5.74) is 8.31. The summed E-state index contributed by atoms with van der Waals surface area (Å²) in [4.78, 5) is 29.6. The molecule has 4 rings (SSSR count). The molecule has 0 aliphatic heterocycles. The minimum absolute atomic E-state index is 0.224. The van der Waals surface area contributed by atoms with Gasteiger partial charge in [-0.15, -0.1) is 0 Å². The van der Waals surface area contributed by atoms with Crippen LogP contribution in [0.3, 0.4) is 0 Å². The van der Waals surface area contributed by atoms with Crippen LogP contribution in [-0.2, 0) is 31.9 Å². The Labute approximate surface area is 304 Å². The third-order valence-electron chi connectivity index (χ3n) is 6.62. The SMILES string of the molecule is CC(C)(C)OC(=O)[C@@H](N)Cc1ccc(Br)c(F)c1.CC(C)(C)OC(=O)[C@H](Cc1ccc(Br)c(F)c1)N=C(c1ccccc1)c1ccccc1. The lowest BCUT2D eigenvalue weighted by Crippen LogP contribution is -2.38. The fourth-order valence-corrected chi connectivity index (χ4v) is 4.98. The number of carbonyl (C=O) groups is 2. The Hall–Kier alpha value is -3.73. The van der Waals surface area contributed by atoms with Gasteiger partial charge in [0.1, 0.15) is 28.9 Å². The zero-order valence-corrected chi connectivity index (χ0v) is 31.6. The first-order valence-electron chi connectivity index (χ1n) is 15.7. The van der Waals surface area contributed by atoms with Crippen molar-refractivity contribution < 1.29 is 27.8 Å². The average molecular weight is 801 g/mol. The second-order valence-electron chi connectivity index (χ2n) is 13.3. The molecule has 0 aromatic heterocycles. The van der Waals surface area contributed by atoms with Gasteiger partial charge in [0.15, 0.2) is 6.04 Å². The number of hydrogen-bond acceptors (Lipinski definition) is 6. The summed E-state index contributed by atoms with van der Waals surface area (Å²) >= 11 is 6.24. The van der Waals surface area contributed by atoms with Crippen LogP contribution in [0.5, 0.6) is 0 Å². The van der Waals surface area contributed by atoms with E-state index in [0.29, 0.717) is 25.8 Å². The van der Waals surface area contributed by atoms with Crippen molar-refractivity contribution >= 4 is 49.5 Å². The first-order valence-corrected chi connectivity index (χ1v) is 17.3. The molecule has 4 aromatic carbocycles. The average Bonchev–Trinajstić information content (AvgIpc) is 3.02. The largest absolute Gasteiger partial charge is 0.459 e. The number of nitrogens with zero attached hydrogens (tertiary/aromatic N) is 1. The second-order valence-corrected chi connectivity index (χ2v) is 15.0. The first-order chi connectivity index (χ1) is 22.9. The molecule has 4 aromatic rings. The highest BCUT2D eigenvalue weighted by atomic mass is 79.9. The maximum atomic E-state index is 14.1. The Balaban J connectivity index is 0.000000308. The summed E-state index contributed by atoms with van der Waals surface area (Å²) < 4.78 is 39.0. The van der Waals surface area contributed by atoms with Crippen LogP contribution in [0.4, 0.5) is 8.78 Å². The Bertz CT molecular complexity index is 1700. The molecule has 0 saturated heterocycles. The van der Waals surface area contributed by atoms with Gasteiger partial charge >= 0.3 is 11.9 Å². The van der Waals surface area contributed by atoms with Gasteiger partial charge in [-0.25, -0.2) is 13.6 Å². The van der Waals surface area contributed by atoms with Crippen LogP contribution in [0.15, 0.2) is 111 Å². The minimum atomic E-state index is -0.824. The van der Waals surface area contributed by atoms with Crippen molar-refractivity contribution in [1.82, 2.24) is 0 Å². The molecule has 0 fully saturated rings. The van der Waals surface area contributed by atoms with Crippen LogP contribution < -0.4 is 5.73 Å². The van der Waals surface area contributed by atoms with E-state index in [1.54, 1.807) is 45.0 Å². The van der Waals surface area contributed by atoms with E-state index in [0.717, 1.165) is 11.1 Å². The van der Waals surface area contributed by atoms with Gasteiger partial charge in [-0.2, -0.15) is 0 Å². The van der Waals surface area contributed by atoms with Gasteiger partial charge < -0.3 is 15.2 Å². The Morgan fingerprint density at radius 1 is 0.673 bits per heavy atom. The van der Waals surface area contributed by atoms with Crippen LogP contribution >= 0.6 is 31.9 Å². The van der Waals surface area contributed by atoms with E-state index in [1.165, 1.54) is 12.1 Å². The standard InChI is InChI=1S/C26H25BrFNO2.C13H17BrFNO2/c1-26(2,3)31-25(30)23(17-18-14-15-21(27)22(28)16-18)29-24(19-10-6-4-7-11-19)20-12-8-5-9-13-20;1-13(2,3)18-12(17)11(16)7-8-4-5-9(14)10(15)6-8/h4-16,23H,17H2,1-3H3;4-6,11H,7,16H2,1-3H3/t23-;11-/m00/s1. The van der Waals surface area contributed by atoms with Crippen molar-refractivity contribution in [2.45, 2.75) is 77.7 Å². The van der Waals surface area contributed by atoms with Crippen molar-refractivity contribution in [3.8, 4) is 0 Å². The maximum absolute atomic E-state index is 14.1. The molecule has 6 nitrogen and oxygen atoms in total. The van der Waals surface area contributed by atoms with Crippen molar-refractivity contribution in [2.24, 2.45) is 10.7 Å². The highest BCUT2D eigenvalue weighted by molar-refractivity contribution is 9.10. The molecule has 260 valence electrons. The van der Waals surface area contributed by atoms with Gasteiger partial charge in [0, 0.05) is 17.5 Å². The summed E-state index contributed by atoms with van der Waals surface area (Å²) in [5, 5.41) is 0. The summed E-state index contributed by atoms with van der Waals surface area (Å²) in [5.74, 6) is -1.68. The van der Waals surface area contributed by atoms with E-state index in [1.807, 2.05) is 81.4 Å². The highest BCUT2D eigenvalue weighted by Gasteiger charge is 2.27. The molecule has 49 heavy (non-hydrogen) atoms. The summed E-state index contributed by atoms with van der Waals surface area (Å²) in [6.07, 6.45) is 0.474. The monoisotopic (exact) mass is 798 g/mol. The van der Waals surface area contributed by atoms with Gasteiger partial charge in [-0.1, -0.05) is 72.8 Å². The molecule has 0 radical (unpaired) electrons. The number of rotatable bonds is 9. The predicted octanol–water partition coefficient (Wildman–Crippen LogP) is 9.18. The molecule has 0 amide bonds. The molecule has 0 spiro atoms. The number of carbonyl (C=O) groups excluding carboxylic acids is 2. The van der Waals surface area contributed by atoms with Crippen molar-refractivity contribution in [1.29, 1.82) is 0 Å². The van der Waals surface area contributed by atoms with Gasteiger partial charge in [0.05, 0.1) is 14.7 Å². The van der Waals surface area contributed by atoms with E-state index >= 15 is 0 Å².